The van der Waals surface area contributed by atoms with Gasteiger partial charge in [0.15, 0.2) is 5.82 Å². The van der Waals surface area contributed by atoms with Gasteiger partial charge in [0.2, 0.25) is 0 Å². The fraction of sp³-hybridized carbons (Fsp3) is 0.111. The van der Waals surface area contributed by atoms with Crippen LogP contribution in [0.5, 0.6) is 0 Å². The van der Waals surface area contributed by atoms with Crippen LogP contribution in [0.15, 0.2) is 52.5 Å². The van der Waals surface area contributed by atoms with Crippen molar-refractivity contribution in [3.8, 4) is 11.4 Å². The van der Waals surface area contributed by atoms with E-state index in [2.05, 4.69) is 30.2 Å². The van der Waals surface area contributed by atoms with Crippen molar-refractivity contribution in [2.45, 2.75) is 12.4 Å². The number of nitrogens with one attached hydrogen (secondary N) is 1. The Balaban J connectivity index is 1.80. The molecule has 0 bridgehead atoms. The highest BCUT2D eigenvalue weighted by atomic mass is 19.4. The summed E-state index contributed by atoms with van der Waals surface area (Å²) in [4.78, 5) is 22.8. The van der Waals surface area contributed by atoms with Crippen LogP contribution in [0.1, 0.15) is 22.6 Å². The number of hydrogen-bond donors (Lipinski definition) is 1. The van der Waals surface area contributed by atoms with Gasteiger partial charge in [0.05, 0.1) is 16.7 Å². The third-order valence-corrected chi connectivity index (χ3v) is 4.16. The maximum atomic E-state index is 13.1. The second-order valence-electron chi connectivity index (χ2n) is 6.43. The largest absolute Gasteiger partial charge is 0.434 e. The molecule has 1 aromatic carbocycles. The van der Waals surface area contributed by atoms with Gasteiger partial charge in [0, 0.05) is 29.7 Å². The average molecular weight is 469 g/mol. The molecule has 0 aliphatic rings. The molecule has 0 unspecified atom stereocenters. The first-order chi connectivity index (χ1) is 15.5. The lowest BCUT2D eigenvalue weighted by molar-refractivity contribution is -0.143. The molecule has 0 spiro atoms. The van der Waals surface area contributed by atoms with E-state index in [1.165, 1.54) is 24.9 Å². The van der Waals surface area contributed by atoms with Crippen LogP contribution < -0.4 is 5.76 Å². The molecule has 0 saturated heterocycles. The van der Waals surface area contributed by atoms with E-state index in [0.29, 0.717) is 17.7 Å². The average Bonchev–Trinajstić information content (AvgIpc) is 3.40. The highest BCUT2D eigenvalue weighted by Gasteiger charge is 2.37. The van der Waals surface area contributed by atoms with Gasteiger partial charge in [0.1, 0.15) is 12.7 Å². The molecule has 3 heterocycles. The molecular formula is C18H9F6N7O2. The number of aromatic amines is 1. The van der Waals surface area contributed by atoms with Crippen molar-refractivity contribution in [2.24, 2.45) is 0 Å². The third-order valence-electron chi connectivity index (χ3n) is 4.16. The van der Waals surface area contributed by atoms with Crippen molar-refractivity contribution < 1.29 is 30.8 Å². The Kier molecular flexibility index (Phi) is 5.31. The van der Waals surface area contributed by atoms with Crippen LogP contribution in [0.2, 0.25) is 0 Å². The van der Waals surface area contributed by atoms with Crippen molar-refractivity contribution in [3.63, 3.8) is 0 Å². The molecule has 0 atom stereocenters. The predicted octanol–water partition coefficient (Wildman–Crippen LogP) is 3.50. The molecule has 0 aliphatic carbocycles. The fourth-order valence-corrected chi connectivity index (χ4v) is 2.72. The van der Waals surface area contributed by atoms with Crippen molar-refractivity contribution in [1.29, 1.82) is 0 Å². The highest BCUT2D eigenvalue weighted by Crippen LogP contribution is 2.38. The standard InChI is InChI=1S/C18H9F6N7O2/c19-17(20,21)11-1-9(2-12(3-11)18(22,23)24)14-27-8-31(30-14)6-13(10-4-25-7-26-5-10)15-28-29-16(32)33-15/h1-8H,(H,29,32)/b13-6+. The van der Waals surface area contributed by atoms with Gasteiger partial charge in [-0.1, -0.05) is 0 Å². The minimum absolute atomic E-state index is 0.00743. The zero-order valence-electron chi connectivity index (χ0n) is 15.9. The number of hydrogen-bond acceptors (Lipinski definition) is 7. The number of halogens is 6. The minimum Gasteiger partial charge on any atom is -0.388 e. The molecule has 0 aliphatic heterocycles. The number of aromatic nitrogens is 7. The van der Waals surface area contributed by atoms with Crippen LogP contribution in [0.25, 0.3) is 23.2 Å². The van der Waals surface area contributed by atoms with Gasteiger partial charge in [-0.05, 0) is 18.2 Å². The summed E-state index contributed by atoms with van der Waals surface area (Å²) in [6.07, 6.45) is -3.82. The number of H-pyrrole nitrogens is 1. The first kappa shape index (κ1) is 21.9. The van der Waals surface area contributed by atoms with Crippen LogP contribution in [0, 0.1) is 0 Å². The van der Waals surface area contributed by atoms with Gasteiger partial charge in [-0.25, -0.2) is 29.5 Å². The summed E-state index contributed by atoms with van der Waals surface area (Å²) in [6.45, 7) is 0. The molecule has 33 heavy (non-hydrogen) atoms. The maximum absolute atomic E-state index is 13.1. The molecule has 1 N–H and O–H groups in total. The normalized spacial score (nSPS) is 12.8. The van der Waals surface area contributed by atoms with Gasteiger partial charge in [-0.3, -0.25) is 0 Å². The molecule has 0 amide bonds. The first-order valence-corrected chi connectivity index (χ1v) is 8.75. The quantitative estimate of drug-likeness (QED) is 0.455. The van der Waals surface area contributed by atoms with Gasteiger partial charge in [-0.2, -0.15) is 26.3 Å². The summed E-state index contributed by atoms with van der Waals surface area (Å²) >= 11 is 0. The van der Waals surface area contributed by atoms with Crippen LogP contribution >= 0.6 is 0 Å². The van der Waals surface area contributed by atoms with Crippen molar-refractivity contribution in [2.75, 3.05) is 0 Å². The van der Waals surface area contributed by atoms with Gasteiger partial charge in [-0.15, -0.1) is 10.2 Å². The molecule has 3 aromatic heterocycles. The zero-order valence-corrected chi connectivity index (χ0v) is 15.9. The van der Waals surface area contributed by atoms with Crippen LogP contribution in [-0.4, -0.2) is 34.9 Å². The molecule has 15 heteroatoms. The number of nitrogens with zero attached hydrogens (tertiary/aromatic N) is 6. The van der Waals surface area contributed by atoms with E-state index < -0.39 is 40.6 Å². The van der Waals surface area contributed by atoms with E-state index in [1.54, 1.807) is 0 Å². The Labute approximate surface area is 178 Å². The lowest BCUT2D eigenvalue weighted by atomic mass is 10.0. The van der Waals surface area contributed by atoms with Gasteiger partial charge < -0.3 is 4.42 Å². The molecule has 4 rings (SSSR count). The lowest BCUT2D eigenvalue weighted by Crippen LogP contribution is -2.11. The van der Waals surface area contributed by atoms with Crippen molar-refractivity contribution in [1.82, 2.24) is 34.9 Å². The molecule has 170 valence electrons. The Bertz CT molecular complexity index is 1340. The summed E-state index contributed by atoms with van der Waals surface area (Å²) in [7, 11) is 0. The molecular weight excluding hydrogens is 460 g/mol. The van der Waals surface area contributed by atoms with Crippen LogP contribution in [0.3, 0.4) is 0 Å². The SMILES string of the molecule is O=c1[nH]nc(/C(=C/n2cnc(-c3cc(C(F)(F)F)cc(C(F)(F)F)c3)n2)c2cncnc2)o1. The smallest absolute Gasteiger partial charge is 0.388 e. The Morgan fingerprint density at radius 3 is 2.18 bits per heavy atom. The third kappa shape index (κ3) is 4.81. The Morgan fingerprint density at radius 2 is 1.64 bits per heavy atom. The van der Waals surface area contributed by atoms with E-state index in [9.17, 15) is 31.1 Å². The minimum atomic E-state index is -5.02. The first-order valence-electron chi connectivity index (χ1n) is 8.75. The summed E-state index contributed by atoms with van der Waals surface area (Å²) in [6, 6.07) is 1.03. The molecule has 0 radical (unpaired) electrons. The van der Waals surface area contributed by atoms with E-state index in [1.807, 2.05) is 0 Å². The van der Waals surface area contributed by atoms with E-state index in [-0.39, 0.29) is 17.5 Å². The Hall–Kier alpha value is -4.30. The second kappa shape index (κ2) is 7.99. The van der Waals surface area contributed by atoms with E-state index in [0.717, 1.165) is 11.0 Å². The Morgan fingerprint density at radius 1 is 1.00 bits per heavy atom. The monoisotopic (exact) mass is 469 g/mol. The van der Waals surface area contributed by atoms with Crippen LogP contribution in [0.4, 0.5) is 26.3 Å². The van der Waals surface area contributed by atoms with Gasteiger partial charge >= 0.3 is 18.1 Å². The molecule has 9 nitrogen and oxygen atoms in total. The molecule has 0 fully saturated rings. The predicted molar refractivity (Wildman–Crippen MR) is 97.9 cm³/mol. The molecule has 0 saturated carbocycles. The number of rotatable bonds is 4. The highest BCUT2D eigenvalue weighted by molar-refractivity contribution is 5.82. The maximum Gasteiger partial charge on any atom is 0.434 e. The summed E-state index contributed by atoms with van der Waals surface area (Å²) in [5.74, 6) is -1.46. The fourth-order valence-electron chi connectivity index (χ4n) is 2.72. The van der Waals surface area contributed by atoms with Gasteiger partial charge in [0.25, 0.3) is 5.89 Å². The second-order valence-corrected chi connectivity index (χ2v) is 6.43. The number of benzene rings is 1. The summed E-state index contributed by atoms with van der Waals surface area (Å²) in [5.41, 5.74) is -3.05. The zero-order chi connectivity index (χ0) is 23.8. The van der Waals surface area contributed by atoms with Crippen molar-refractivity contribution in [3.05, 3.63) is 76.4 Å². The molecule has 4 aromatic rings. The summed E-state index contributed by atoms with van der Waals surface area (Å²) in [5, 5.41) is 9.68. The lowest BCUT2D eigenvalue weighted by Gasteiger charge is -2.13. The van der Waals surface area contributed by atoms with Crippen LogP contribution in [-0.2, 0) is 12.4 Å². The van der Waals surface area contributed by atoms with Crippen molar-refractivity contribution >= 4 is 11.8 Å². The topological polar surface area (TPSA) is 115 Å². The van der Waals surface area contributed by atoms with E-state index >= 15 is 0 Å². The van der Waals surface area contributed by atoms with E-state index in [4.69, 9.17) is 4.42 Å². The summed E-state index contributed by atoms with van der Waals surface area (Å²) < 4.78 is 84.7. The number of alkyl halides is 6.